The van der Waals surface area contributed by atoms with E-state index in [4.69, 9.17) is 5.73 Å². The summed E-state index contributed by atoms with van der Waals surface area (Å²) in [4.78, 5) is 6.13. The molecular formula is C12H11F3N2S3. The van der Waals surface area contributed by atoms with Crippen LogP contribution < -0.4 is 5.73 Å². The van der Waals surface area contributed by atoms with E-state index in [1.807, 2.05) is 17.8 Å². The number of aromatic nitrogens is 1. The summed E-state index contributed by atoms with van der Waals surface area (Å²) in [7, 11) is 0. The van der Waals surface area contributed by atoms with E-state index in [0.29, 0.717) is 16.2 Å². The molecule has 1 aliphatic rings. The van der Waals surface area contributed by atoms with E-state index in [1.165, 1.54) is 16.6 Å². The molecule has 2 N–H and O–H groups in total. The molecule has 3 rings (SSSR count). The molecule has 108 valence electrons. The first-order valence-corrected chi connectivity index (χ1v) is 8.71. The molecule has 1 unspecified atom stereocenters. The number of thioether (sulfide) groups is 1. The van der Waals surface area contributed by atoms with Gasteiger partial charge in [-0.3, -0.25) is 0 Å². The van der Waals surface area contributed by atoms with Gasteiger partial charge in [-0.05, 0) is 23.8 Å². The summed E-state index contributed by atoms with van der Waals surface area (Å²) in [5, 5.41) is -0.833. The van der Waals surface area contributed by atoms with Gasteiger partial charge in [0.15, 0.2) is 5.01 Å². The van der Waals surface area contributed by atoms with Crippen molar-refractivity contribution in [3.63, 3.8) is 0 Å². The maximum absolute atomic E-state index is 12.6. The lowest BCUT2D eigenvalue weighted by Gasteiger charge is -2.08. The molecule has 0 bridgehead atoms. The van der Waals surface area contributed by atoms with Crippen molar-refractivity contribution in [3.05, 3.63) is 37.5 Å². The maximum atomic E-state index is 12.6. The lowest BCUT2D eigenvalue weighted by Crippen LogP contribution is -2.08. The Labute approximate surface area is 126 Å². The number of halogens is 3. The fourth-order valence-electron chi connectivity index (χ4n) is 2.03. The first-order valence-electron chi connectivity index (χ1n) is 5.93. The average Bonchev–Trinajstić information content (AvgIpc) is 3.04. The SMILES string of the molecule is NC(c1cnc(C(F)(F)F)s1)c1cc2c(s1)CCSC2. The zero-order valence-corrected chi connectivity index (χ0v) is 12.7. The van der Waals surface area contributed by atoms with Gasteiger partial charge in [0.2, 0.25) is 0 Å². The van der Waals surface area contributed by atoms with Crippen LogP contribution in [-0.4, -0.2) is 10.7 Å². The molecule has 0 aliphatic carbocycles. The highest BCUT2D eigenvalue weighted by Gasteiger charge is 2.35. The summed E-state index contributed by atoms with van der Waals surface area (Å²) in [6.45, 7) is 0. The molecule has 0 saturated carbocycles. The van der Waals surface area contributed by atoms with Gasteiger partial charge in [0.1, 0.15) is 0 Å². The summed E-state index contributed by atoms with van der Waals surface area (Å²) in [5.74, 6) is 2.07. The minimum Gasteiger partial charge on any atom is -0.319 e. The van der Waals surface area contributed by atoms with Crippen molar-refractivity contribution in [3.8, 4) is 0 Å². The number of rotatable bonds is 2. The van der Waals surface area contributed by atoms with Crippen molar-refractivity contribution in [1.82, 2.24) is 4.98 Å². The molecule has 8 heteroatoms. The molecule has 20 heavy (non-hydrogen) atoms. The van der Waals surface area contributed by atoms with Crippen molar-refractivity contribution in [2.75, 3.05) is 5.75 Å². The molecule has 0 radical (unpaired) electrons. The summed E-state index contributed by atoms with van der Waals surface area (Å²) < 4.78 is 37.7. The Kier molecular flexibility index (Phi) is 3.83. The third kappa shape index (κ3) is 2.74. The molecular weight excluding hydrogens is 325 g/mol. The highest BCUT2D eigenvalue weighted by molar-refractivity contribution is 7.98. The van der Waals surface area contributed by atoms with Crippen molar-refractivity contribution in [2.45, 2.75) is 24.4 Å². The number of thiophene rings is 1. The fourth-order valence-corrected chi connectivity index (χ4v) is 5.30. The van der Waals surface area contributed by atoms with Crippen LogP contribution in [0, 0.1) is 0 Å². The smallest absolute Gasteiger partial charge is 0.319 e. The lowest BCUT2D eigenvalue weighted by molar-refractivity contribution is -0.137. The topological polar surface area (TPSA) is 38.9 Å². The Morgan fingerprint density at radius 3 is 2.70 bits per heavy atom. The average molecular weight is 336 g/mol. The van der Waals surface area contributed by atoms with Crippen molar-refractivity contribution in [1.29, 1.82) is 0 Å². The molecule has 0 amide bonds. The summed E-state index contributed by atoms with van der Waals surface area (Å²) in [6, 6.07) is 1.52. The largest absolute Gasteiger partial charge is 0.443 e. The Bertz CT molecular complexity index is 594. The van der Waals surface area contributed by atoms with E-state index in [1.54, 1.807) is 11.3 Å². The molecule has 2 nitrogen and oxygen atoms in total. The lowest BCUT2D eigenvalue weighted by atomic mass is 10.2. The Morgan fingerprint density at radius 2 is 2.05 bits per heavy atom. The van der Waals surface area contributed by atoms with Gasteiger partial charge < -0.3 is 5.73 Å². The third-order valence-electron chi connectivity index (χ3n) is 3.03. The quantitative estimate of drug-likeness (QED) is 0.899. The predicted molar refractivity (Wildman–Crippen MR) is 77.3 cm³/mol. The van der Waals surface area contributed by atoms with Crippen LogP contribution in [0.4, 0.5) is 13.2 Å². The highest BCUT2D eigenvalue weighted by Crippen LogP contribution is 2.39. The third-order valence-corrected chi connectivity index (χ3v) is 6.48. The molecule has 3 heterocycles. The van der Waals surface area contributed by atoms with Gasteiger partial charge in [0, 0.05) is 26.6 Å². The number of hydrogen-bond donors (Lipinski definition) is 1. The first-order chi connectivity index (χ1) is 9.45. The van der Waals surface area contributed by atoms with Crippen molar-refractivity contribution in [2.24, 2.45) is 5.73 Å². The second-order valence-electron chi connectivity index (χ2n) is 4.44. The Balaban J connectivity index is 1.86. The minimum absolute atomic E-state index is 0.462. The monoisotopic (exact) mass is 336 g/mol. The van der Waals surface area contributed by atoms with Crippen LogP contribution in [0.3, 0.4) is 0 Å². The van der Waals surface area contributed by atoms with Gasteiger partial charge in [-0.25, -0.2) is 4.98 Å². The van der Waals surface area contributed by atoms with Crippen molar-refractivity contribution >= 4 is 34.4 Å². The number of hydrogen-bond acceptors (Lipinski definition) is 5. The maximum Gasteiger partial charge on any atom is 0.443 e. The molecule has 2 aromatic heterocycles. The van der Waals surface area contributed by atoms with Gasteiger partial charge in [-0.1, -0.05) is 0 Å². The van der Waals surface area contributed by atoms with Crippen LogP contribution in [0.2, 0.25) is 0 Å². The van der Waals surface area contributed by atoms with Gasteiger partial charge >= 0.3 is 6.18 Å². The van der Waals surface area contributed by atoms with Crippen LogP contribution in [-0.2, 0) is 18.3 Å². The molecule has 0 aromatic carbocycles. The van der Waals surface area contributed by atoms with E-state index in [-0.39, 0.29) is 0 Å². The number of thiazole rings is 1. The molecule has 1 aliphatic heterocycles. The van der Waals surface area contributed by atoms with Gasteiger partial charge in [-0.15, -0.1) is 22.7 Å². The fraction of sp³-hybridized carbons (Fsp3) is 0.417. The van der Waals surface area contributed by atoms with E-state index in [2.05, 4.69) is 4.98 Å². The molecule has 0 fully saturated rings. The van der Waals surface area contributed by atoms with Gasteiger partial charge in [-0.2, -0.15) is 24.9 Å². The van der Waals surface area contributed by atoms with Crippen LogP contribution in [0.15, 0.2) is 12.3 Å². The van der Waals surface area contributed by atoms with E-state index < -0.39 is 17.2 Å². The second-order valence-corrected chi connectivity index (χ2v) is 7.78. The summed E-state index contributed by atoms with van der Waals surface area (Å²) in [6.07, 6.45) is -2.13. The number of fused-ring (bicyclic) bond motifs is 1. The molecule has 0 saturated heterocycles. The normalized spacial score (nSPS) is 17.0. The Morgan fingerprint density at radius 1 is 1.25 bits per heavy atom. The zero-order valence-electron chi connectivity index (χ0n) is 10.2. The van der Waals surface area contributed by atoms with E-state index >= 15 is 0 Å². The van der Waals surface area contributed by atoms with Crippen LogP contribution in [0.25, 0.3) is 0 Å². The van der Waals surface area contributed by atoms with Crippen molar-refractivity contribution < 1.29 is 13.2 Å². The Hall–Kier alpha value is -0.570. The van der Waals surface area contributed by atoms with Gasteiger partial charge in [0.25, 0.3) is 0 Å². The number of nitrogens with two attached hydrogens (primary N) is 1. The molecule has 1 atom stereocenters. The zero-order chi connectivity index (χ0) is 14.3. The molecule has 0 spiro atoms. The van der Waals surface area contributed by atoms with E-state index in [9.17, 15) is 13.2 Å². The first kappa shape index (κ1) is 14.4. The predicted octanol–water partition coefficient (Wildman–Crippen LogP) is 4.06. The minimum atomic E-state index is -4.39. The summed E-state index contributed by atoms with van der Waals surface area (Å²) in [5.41, 5.74) is 7.37. The number of nitrogens with zero attached hydrogens (tertiary/aromatic N) is 1. The van der Waals surface area contributed by atoms with Gasteiger partial charge in [0.05, 0.1) is 6.04 Å². The standard InChI is InChI=1S/C12H11F3N2S3/c13-12(14,15)11-17-4-9(20-11)10(16)8-3-6-5-18-2-1-7(6)19-8/h3-4,10H,1-2,5,16H2. The molecule has 2 aromatic rings. The van der Waals surface area contributed by atoms with Crippen LogP contribution in [0.1, 0.15) is 31.2 Å². The second kappa shape index (κ2) is 5.32. The highest BCUT2D eigenvalue weighted by atomic mass is 32.2. The number of alkyl halides is 3. The van der Waals surface area contributed by atoms with Crippen LogP contribution >= 0.6 is 34.4 Å². The summed E-state index contributed by atoms with van der Waals surface area (Å²) >= 11 is 4.12. The number of aryl methyl sites for hydroxylation is 1. The van der Waals surface area contributed by atoms with E-state index in [0.717, 1.165) is 22.8 Å². The van der Waals surface area contributed by atoms with Crippen LogP contribution in [0.5, 0.6) is 0 Å².